The quantitative estimate of drug-likeness (QED) is 0.717. The van der Waals surface area contributed by atoms with Crippen LogP contribution in [0.15, 0.2) is 11.1 Å². The summed E-state index contributed by atoms with van der Waals surface area (Å²) in [5, 5.41) is 11.2. The highest BCUT2D eigenvalue weighted by Crippen LogP contribution is 2.02. The van der Waals surface area contributed by atoms with Crippen LogP contribution < -0.4 is 10.9 Å². The van der Waals surface area contributed by atoms with Gasteiger partial charge in [-0.2, -0.15) is 0 Å². The number of nitrogens with zero attached hydrogens (tertiary/aromatic N) is 2. The van der Waals surface area contributed by atoms with E-state index < -0.39 is 17.9 Å². The van der Waals surface area contributed by atoms with E-state index in [1.165, 1.54) is 17.8 Å². The van der Waals surface area contributed by atoms with Crippen molar-refractivity contribution >= 4 is 34.5 Å². The standard InChI is InChI=1S/C10H12IN3O4/c1-5-8(11)9(16)14(4-12-5)3-7(10(17)18)13-6(2)15/h4,7H,3H2,1-2H3,(H,13,15)(H,17,18). The molecule has 0 bridgehead atoms. The maximum absolute atomic E-state index is 11.8. The molecule has 98 valence electrons. The molecule has 2 N–H and O–H groups in total. The average Bonchev–Trinajstić information content (AvgIpc) is 2.28. The van der Waals surface area contributed by atoms with Gasteiger partial charge in [-0.05, 0) is 29.5 Å². The Morgan fingerprint density at radius 3 is 2.72 bits per heavy atom. The SMILES string of the molecule is CC(=O)NC(Cn1cnc(C)c(I)c1=O)C(=O)O. The van der Waals surface area contributed by atoms with Gasteiger partial charge in [0, 0.05) is 6.92 Å². The lowest BCUT2D eigenvalue weighted by Gasteiger charge is -2.14. The third-order valence-electron chi connectivity index (χ3n) is 2.21. The van der Waals surface area contributed by atoms with Crippen LogP contribution in [0.5, 0.6) is 0 Å². The molecule has 0 spiro atoms. The lowest BCUT2D eigenvalue weighted by Crippen LogP contribution is -2.44. The molecule has 0 radical (unpaired) electrons. The van der Waals surface area contributed by atoms with E-state index in [1.54, 1.807) is 6.92 Å². The first-order chi connectivity index (χ1) is 8.32. The molecule has 1 amide bonds. The number of amides is 1. The molecule has 0 fully saturated rings. The second kappa shape index (κ2) is 5.94. The Morgan fingerprint density at radius 1 is 1.61 bits per heavy atom. The number of aromatic nitrogens is 2. The third kappa shape index (κ3) is 3.52. The second-order valence-corrected chi connectivity index (χ2v) is 4.77. The largest absolute Gasteiger partial charge is 0.480 e. The first kappa shape index (κ1) is 14.6. The molecule has 0 aromatic carbocycles. The highest BCUT2D eigenvalue weighted by molar-refractivity contribution is 14.1. The highest BCUT2D eigenvalue weighted by Gasteiger charge is 2.20. The van der Waals surface area contributed by atoms with Crippen LogP contribution in [0.4, 0.5) is 0 Å². The van der Waals surface area contributed by atoms with Gasteiger partial charge in [0.2, 0.25) is 5.91 Å². The summed E-state index contributed by atoms with van der Waals surface area (Å²) < 4.78 is 1.60. The third-order valence-corrected chi connectivity index (χ3v) is 3.45. The lowest BCUT2D eigenvalue weighted by molar-refractivity contribution is -0.142. The number of nitrogens with one attached hydrogen (secondary N) is 1. The van der Waals surface area contributed by atoms with E-state index in [1.807, 2.05) is 22.6 Å². The van der Waals surface area contributed by atoms with E-state index in [0.717, 1.165) is 0 Å². The molecule has 1 aromatic rings. The molecule has 1 rings (SSSR count). The summed E-state index contributed by atoms with van der Waals surface area (Å²) in [4.78, 5) is 37.7. The molecular weight excluding hydrogens is 353 g/mol. The van der Waals surface area contributed by atoms with Crippen LogP contribution in [0, 0.1) is 10.5 Å². The number of halogens is 1. The van der Waals surface area contributed by atoms with Crippen molar-refractivity contribution in [2.24, 2.45) is 0 Å². The molecule has 18 heavy (non-hydrogen) atoms. The molecule has 0 aliphatic heterocycles. The zero-order valence-electron chi connectivity index (χ0n) is 9.81. The zero-order chi connectivity index (χ0) is 13.9. The zero-order valence-corrected chi connectivity index (χ0v) is 12.0. The van der Waals surface area contributed by atoms with Crippen molar-refractivity contribution in [2.75, 3.05) is 0 Å². The maximum Gasteiger partial charge on any atom is 0.328 e. The van der Waals surface area contributed by atoms with Crippen molar-refractivity contribution in [3.8, 4) is 0 Å². The van der Waals surface area contributed by atoms with E-state index in [2.05, 4.69) is 10.3 Å². The van der Waals surface area contributed by atoms with Gasteiger partial charge in [0.15, 0.2) is 0 Å². The summed E-state index contributed by atoms with van der Waals surface area (Å²) in [5.74, 6) is -1.67. The number of hydrogen-bond acceptors (Lipinski definition) is 4. The second-order valence-electron chi connectivity index (χ2n) is 3.69. The van der Waals surface area contributed by atoms with E-state index in [9.17, 15) is 14.4 Å². The number of carbonyl (C=O) groups is 2. The minimum absolute atomic E-state index is 0.156. The minimum atomic E-state index is -1.20. The van der Waals surface area contributed by atoms with Gasteiger partial charge in [-0.3, -0.25) is 14.2 Å². The minimum Gasteiger partial charge on any atom is -0.480 e. The fourth-order valence-corrected chi connectivity index (χ4v) is 1.75. The summed E-state index contributed by atoms with van der Waals surface area (Å²) >= 11 is 1.85. The van der Waals surface area contributed by atoms with Crippen molar-refractivity contribution < 1.29 is 14.7 Å². The molecule has 1 atom stereocenters. The first-order valence-corrected chi connectivity index (χ1v) is 6.12. The number of carboxylic acids is 1. The maximum atomic E-state index is 11.8. The Hall–Kier alpha value is -1.45. The first-order valence-electron chi connectivity index (χ1n) is 5.04. The van der Waals surface area contributed by atoms with Crippen molar-refractivity contribution in [3.63, 3.8) is 0 Å². The van der Waals surface area contributed by atoms with Gasteiger partial charge in [-0.1, -0.05) is 0 Å². The van der Waals surface area contributed by atoms with Gasteiger partial charge in [0.05, 0.1) is 22.1 Å². The molecule has 8 heteroatoms. The average molecular weight is 365 g/mol. The number of carboxylic acid groups (broad SMARTS) is 1. The molecular formula is C10H12IN3O4. The smallest absolute Gasteiger partial charge is 0.328 e. The van der Waals surface area contributed by atoms with E-state index in [-0.39, 0.29) is 12.1 Å². The number of rotatable bonds is 4. The topological polar surface area (TPSA) is 101 Å². The van der Waals surface area contributed by atoms with Gasteiger partial charge < -0.3 is 10.4 Å². The Labute approximate surface area is 116 Å². The molecule has 0 aliphatic carbocycles. The Morgan fingerprint density at radius 2 is 2.22 bits per heavy atom. The van der Waals surface area contributed by atoms with Crippen LogP contribution in [0.25, 0.3) is 0 Å². The number of aliphatic carboxylic acids is 1. The Balaban J connectivity index is 3.02. The van der Waals surface area contributed by atoms with Crippen molar-refractivity contribution in [2.45, 2.75) is 26.4 Å². The van der Waals surface area contributed by atoms with Gasteiger partial charge in [-0.25, -0.2) is 9.78 Å². The van der Waals surface area contributed by atoms with Crippen molar-refractivity contribution in [3.05, 3.63) is 25.9 Å². The molecule has 0 saturated carbocycles. The van der Waals surface area contributed by atoms with Gasteiger partial charge in [0.1, 0.15) is 6.04 Å². The molecule has 0 aliphatic rings. The van der Waals surface area contributed by atoms with Gasteiger partial charge in [-0.15, -0.1) is 0 Å². The van der Waals surface area contributed by atoms with Crippen molar-refractivity contribution in [1.82, 2.24) is 14.9 Å². The van der Waals surface area contributed by atoms with E-state index in [4.69, 9.17) is 5.11 Å². The Kier molecular flexibility index (Phi) is 4.82. The number of carbonyl (C=O) groups excluding carboxylic acids is 1. The lowest BCUT2D eigenvalue weighted by atomic mass is 10.3. The molecule has 7 nitrogen and oxygen atoms in total. The van der Waals surface area contributed by atoms with Crippen LogP contribution in [-0.2, 0) is 16.1 Å². The van der Waals surface area contributed by atoms with Crippen molar-refractivity contribution in [1.29, 1.82) is 0 Å². The molecule has 1 heterocycles. The van der Waals surface area contributed by atoms with Crippen LogP contribution in [0.2, 0.25) is 0 Å². The number of aryl methyl sites for hydroxylation is 1. The predicted molar refractivity (Wildman–Crippen MR) is 71.2 cm³/mol. The van der Waals surface area contributed by atoms with Crippen LogP contribution in [0.3, 0.4) is 0 Å². The predicted octanol–water partition coefficient (Wildman–Crippen LogP) is -0.254. The van der Waals surface area contributed by atoms with Crippen LogP contribution >= 0.6 is 22.6 Å². The van der Waals surface area contributed by atoms with E-state index in [0.29, 0.717) is 9.26 Å². The molecule has 0 saturated heterocycles. The van der Waals surface area contributed by atoms with Crippen LogP contribution in [0.1, 0.15) is 12.6 Å². The van der Waals surface area contributed by atoms with Gasteiger partial charge >= 0.3 is 5.97 Å². The summed E-state index contributed by atoms with van der Waals surface area (Å²) in [6.07, 6.45) is 1.28. The fourth-order valence-electron chi connectivity index (χ4n) is 1.30. The molecule has 1 aromatic heterocycles. The Bertz CT molecular complexity index is 540. The summed E-state index contributed by atoms with van der Waals surface area (Å²) in [7, 11) is 0. The van der Waals surface area contributed by atoms with E-state index >= 15 is 0 Å². The van der Waals surface area contributed by atoms with Crippen LogP contribution in [-0.4, -0.2) is 32.6 Å². The summed E-state index contributed by atoms with van der Waals surface area (Å²) in [5.41, 5.74) is 0.267. The fraction of sp³-hybridized carbons (Fsp3) is 0.400. The summed E-state index contributed by atoms with van der Waals surface area (Å²) in [6, 6.07) is -1.15. The highest BCUT2D eigenvalue weighted by atomic mass is 127. The monoisotopic (exact) mass is 365 g/mol. The summed E-state index contributed by atoms with van der Waals surface area (Å²) in [6.45, 7) is 2.75. The van der Waals surface area contributed by atoms with Gasteiger partial charge in [0.25, 0.3) is 5.56 Å². The normalized spacial score (nSPS) is 11.9. The molecule has 1 unspecified atom stereocenters. The number of hydrogen-bond donors (Lipinski definition) is 2.